The lowest BCUT2D eigenvalue weighted by molar-refractivity contribution is 0.381. The molecule has 146 valence electrons. The van der Waals surface area contributed by atoms with Gasteiger partial charge in [0.15, 0.2) is 5.76 Å². The molecule has 1 aliphatic rings. The molecule has 0 unspecified atom stereocenters. The molecule has 0 aromatic carbocycles. The molecule has 4 heterocycles. The Labute approximate surface area is 162 Å². The smallest absolute Gasteiger partial charge is 0.249 e. The molecule has 3 aromatic heterocycles. The monoisotopic (exact) mass is 400 g/mol. The Kier molecular flexibility index (Phi) is 4.82. The number of hydrogen-bond acceptors (Lipinski definition) is 8. The highest BCUT2D eigenvalue weighted by Crippen LogP contribution is 2.37. The maximum absolute atomic E-state index is 13.3. The predicted octanol–water partition coefficient (Wildman–Crippen LogP) is 2.75. The molecule has 3 aromatic rings. The van der Waals surface area contributed by atoms with Gasteiger partial charge in [0.2, 0.25) is 16.0 Å². The van der Waals surface area contributed by atoms with E-state index in [2.05, 4.69) is 25.4 Å². The summed E-state index contributed by atoms with van der Waals surface area (Å²) in [5.74, 6) is 1.28. The summed E-state index contributed by atoms with van der Waals surface area (Å²) in [4.78, 5) is 13.1. The average Bonchev–Trinajstić information content (AvgIpc) is 3.30. The summed E-state index contributed by atoms with van der Waals surface area (Å²) in [5, 5.41) is 6.83. The van der Waals surface area contributed by atoms with E-state index >= 15 is 0 Å². The molecule has 0 radical (unpaired) electrons. The van der Waals surface area contributed by atoms with Gasteiger partial charge in [-0.3, -0.25) is 0 Å². The third kappa shape index (κ3) is 3.36. The number of aromatic nitrogens is 4. The second-order valence-corrected chi connectivity index (χ2v) is 8.40. The maximum Gasteiger partial charge on any atom is 0.249 e. The number of hydrogen-bond donors (Lipinski definition) is 1. The van der Waals surface area contributed by atoms with Crippen LogP contribution < -0.4 is 5.32 Å². The van der Waals surface area contributed by atoms with E-state index in [0.29, 0.717) is 41.9 Å². The first-order valence-electron chi connectivity index (χ1n) is 8.92. The second-order valence-electron chi connectivity index (χ2n) is 6.57. The zero-order valence-corrected chi connectivity index (χ0v) is 16.3. The Morgan fingerprint density at radius 3 is 2.75 bits per heavy atom. The summed E-state index contributed by atoms with van der Waals surface area (Å²) < 4.78 is 33.1. The van der Waals surface area contributed by atoms with Crippen molar-refractivity contribution in [1.29, 1.82) is 0 Å². The quantitative estimate of drug-likeness (QED) is 0.695. The number of rotatable bonds is 5. The zero-order chi connectivity index (χ0) is 19.7. The van der Waals surface area contributed by atoms with E-state index in [1.807, 2.05) is 12.1 Å². The van der Waals surface area contributed by atoms with Gasteiger partial charge in [-0.05, 0) is 44.9 Å². The Hall–Kier alpha value is -2.85. The van der Waals surface area contributed by atoms with Gasteiger partial charge in [-0.15, -0.1) is 0 Å². The molecule has 1 atom stereocenters. The van der Waals surface area contributed by atoms with E-state index in [4.69, 9.17) is 4.52 Å². The summed E-state index contributed by atoms with van der Waals surface area (Å²) >= 11 is 0. The number of nitrogens with one attached hydrogen (secondary N) is 1. The van der Waals surface area contributed by atoms with Crippen molar-refractivity contribution in [3.05, 3.63) is 53.8 Å². The van der Waals surface area contributed by atoms with E-state index < -0.39 is 10.0 Å². The Bertz CT molecular complexity index is 1060. The van der Waals surface area contributed by atoms with Crippen molar-refractivity contribution >= 4 is 21.8 Å². The SMILES string of the molecule is Cc1noc(C)c1S(=O)(=O)N1CCC[C@H]1c1ccnc(Nc2ccccn2)n1. The Morgan fingerprint density at radius 2 is 2.04 bits per heavy atom. The van der Waals surface area contributed by atoms with Crippen LogP contribution in [0.1, 0.15) is 36.0 Å². The fourth-order valence-electron chi connectivity index (χ4n) is 3.45. The zero-order valence-electron chi connectivity index (χ0n) is 15.5. The molecule has 0 saturated carbocycles. The molecule has 1 aliphatic heterocycles. The van der Waals surface area contributed by atoms with Gasteiger partial charge in [0.25, 0.3) is 0 Å². The summed E-state index contributed by atoms with van der Waals surface area (Å²) in [7, 11) is -3.74. The third-order valence-corrected chi connectivity index (χ3v) is 6.81. The van der Waals surface area contributed by atoms with E-state index in [-0.39, 0.29) is 10.9 Å². The molecular formula is C18H20N6O3S. The van der Waals surface area contributed by atoms with E-state index in [9.17, 15) is 8.42 Å². The van der Waals surface area contributed by atoms with E-state index in [0.717, 1.165) is 6.42 Å². The summed E-state index contributed by atoms with van der Waals surface area (Å²) in [6.45, 7) is 3.66. The molecule has 0 spiro atoms. The van der Waals surface area contributed by atoms with Gasteiger partial charge < -0.3 is 9.84 Å². The Balaban J connectivity index is 1.65. The lowest BCUT2D eigenvalue weighted by Crippen LogP contribution is -2.31. The largest absolute Gasteiger partial charge is 0.360 e. The van der Waals surface area contributed by atoms with Crippen LogP contribution in [0.25, 0.3) is 0 Å². The van der Waals surface area contributed by atoms with Gasteiger partial charge in [0, 0.05) is 18.9 Å². The first-order valence-corrected chi connectivity index (χ1v) is 10.4. The van der Waals surface area contributed by atoms with Gasteiger partial charge >= 0.3 is 0 Å². The van der Waals surface area contributed by atoms with Crippen molar-refractivity contribution in [2.75, 3.05) is 11.9 Å². The molecule has 0 amide bonds. The molecule has 0 bridgehead atoms. The van der Waals surface area contributed by atoms with Gasteiger partial charge in [-0.25, -0.2) is 23.4 Å². The minimum Gasteiger partial charge on any atom is -0.360 e. The van der Waals surface area contributed by atoms with Gasteiger partial charge in [0.05, 0.1) is 11.7 Å². The van der Waals surface area contributed by atoms with Crippen molar-refractivity contribution in [3.8, 4) is 0 Å². The lowest BCUT2D eigenvalue weighted by Gasteiger charge is -2.23. The normalized spacial score (nSPS) is 17.7. The lowest BCUT2D eigenvalue weighted by atomic mass is 10.1. The van der Waals surface area contributed by atoms with Crippen LogP contribution in [-0.4, -0.2) is 39.4 Å². The average molecular weight is 400 g/mol. The first kappa shape index (κ1) is 18.5. The number of pyridine rings is 1. The van der Waals surface area contributed by atoms with Crippen molar-refractivity contribution in [2.45, 2.75) is 37.6 Å². The van der Waals surface area contributed by atoms with Crippen molar-refractivity contribution in [1.82, 2.24) is 24.4 Å². The van der Waals surface area contributed by atoms with E-state index in [1.54, 1.807) is 38.4 Å². The van der Waals surface area contributed by atoms with Crippen LogP contribution >= 0.6 is 0 Å². The van der Waals surface area contributed by atoms with Gasteiger partial charge in [0.1, 0.15) is 16.4 Å². The van der Waals surface area contributed by atoms with Crippen molar-refractivity contribution in [2.24, 2.45) is 0 Å². The fraction of sp³-hybridized carbons (Fsp3) is 0.333. The van der Waals surface area contributed by atoms with Crippen LogP contribution in [0.5, 0.6) is 0 Å². The fourth-order valence-corrected chi connectivity index (χ4v) is 5.42. The predicted molar refractivity (Wildman–Crippen MR) is 101 cm³/mol. The van der Waals surface area contributed by atoms with Gasteiger partial charge in [-0.2, -0.15) is 4.31 Å². The van der Waals surface area contributed by atoms with Crippen LogP contribution in [-0.2, 0) is 10.0 Å². The molecule has 9 nitrogen and oxygen atoms in total. The van der Waals surface area contributed by atoms with Crippen LogP contribution in [0.4, 0.5) is 11.8 Å². The van der Waals surface area contributed by atoms with Crippen LogP contribution in [0.2, 0.25) is 0 Å². The van der Waals surface area contributed by atoms with Crippen LogP contribution in [0.3, 0.4) is 0 Å². The minimum atomic E-state index is -3.74. The number of sulfonamides is 1. The summed E-state index contributed by atoms with van der Waals surface area (Å²) in [5.41, 5.74) is 1.00. The summed E-state index contributed by atoms with van der Waals surface area (Å²) in [6, 6.07) is 6.85. The molecule has 1 fully saturated rings. The first-order chi connectivity index (χ1) is 13.5. The highest BCUT2D eigenvalue weighted by molar-refractivity contribution is 7.89. The molecule has 0 aliphatic carbocycles. The summed E-state index contributed by atoms with van der Waals surface area (Å²) in [6.07, 6.45) is 4.72. The van der Waals surface area contributed by atoms with Gasteiger partial charge in [-0.1, -0.05) is 11.2 Å². The molecule has 10 heteroatoms. The highest BCUT2D eigenvalue weighted by Gasteiger charge is 2.40. The topological polar surface area (TPSA) is 114 Å². The molecular weight excluding hydrogens is 380 g/mol. The third-order valence-electron chi connectivity index (χ3n) is 4.66. The number of nitrogens with zero attached hydrogens (tertiary/aromatic N) is 5. The van der Waals surface area contributed by atoms with Crippen LogP contribution in [0, 0.1) is 13.8 Å². The number of aryl methyl sites for hydroxylation is 2. The van der Waals surface area contributed by atoms with Crippen LogP contribution in [0.15, 0.2) is 46.1 Å². The standard InChI is InChI=1S/C18H20N6O3S/c1-12-17(13(2)27-23-12)28(25,26)24-11-5-6-15(24)14-8-10-20-18(21-14)22-16-7-3-4-9-19-16/h3-4,7-10,15H,5-6,11H2,1-2H3,(H,19,20,21,22)/t15-/m0/s1. The Morgan fingerprint density at radius 1 is 1.18 bits per heavy atom. The van der Waals surface area contributed by atoms with Crippen molar-refractivity contribution in [3.63, 3.8) is 0 Å². The van der Waals surface area contributed by atoms with Crippen molar-refractivity contribution < 1.29 is 12.9 Å². The second kappa shape index (κ2) is 7.28. The molecule has 1 N–H and O–H groups in total. The molecule has 1 saturated heterocycles. The minimum absolute atomic E-state index is 0.139. The van der Waals surface area contributed by atoms with E-state index in [1.165, 1.54) is 4.31 Å². The highest BCUT2D eigenvalue weighted by atomic mass is 32.2. The number of anilines is 2. The molecule has 4 rings (SSSR count). The maximum atomic E-state index is 13.3. The molecule has 28 heavy (non-hydrogen) atoms.